The van der Waals surface area contributed by atoms with Gasteiger partial charge in [-0.25, -0.2) is 0 Å². The maximum Gasteiger partial charge on any atom is 0.226 e. The predicted molar refractivity (Wildman–Crippen MR) is 104 cm³/mol. The van der Waals surface area contributed by atoms with Gasteiger partial charge in [0.15, 0.2) is 0 Å². The molecule has 0 aliphatic heterocycles. The molecule has 1 atom stereocenters. The second-order valence-electron chi connectivity index (χ2n) is 7.42. The fourth-order valence-corrected chi connectivity index (χ4v) is 3.38. The molecule has 25 heavy (non-hydrogen) atoms. The lowest BCUT2D eigenvalue weighted by Crippen LogP contribution is -2.35. The van der Waals surface area contributed by atoms with Crippen molar-refractivity contribution in [1.29, 1.82) is 0 Å². The van der Waals surface area contributed by atoms with Crippen molar-refractivity contribution in [2.24, 2.45) is 11.7 Å². The van der Waals surface area contributed by atoms with Crippen molar-refractivity contribution in [2.75, 3.05) is 13.6 Å². The number of benzene rings is 1. The summed E-state index contributed by atoms with van der Waals surface area (Å²) in [6, 6.07) is 4.51. The first-order valence-electron chi connectivity index (χ1n) is 8.97. The van der Waals surface area contributed by atoms with Crippen LogP contribution < -0.4 is 5.73 Å². The Morgan fingerprint density at radius 1 is 1.28 bits per heavy atom. The minimum atomic E-state index is 0. The van der Waals surface area contributed by atoms with Crippen LogP contribution in [0.1, 0.15) is 43.4 Å². The lowest BCUT2D eigenvalue weighted by molar-refractivity contribution is -0.129. The lowest BCUT2D eigenvalue weighted by Gasteiger charge is -2.21. The highest BCUT2D eigenvalue weighted by atomic mass is 35.5. The highest BCUT2D eigenvalue weighted by molar-refractivity contribution is 5.88. The van der Waals surface area contributed by atoms with Crippen molar-refractivity contribution in [3.8, 4) is 0 Å². The summed E-state index contributed by atoms with van der Waals surface area (Å²) in [5, 5.41) is 1.09. The Labute approximate surface area is 156 Å². The summed E-state index contributed by atoms with van der Waals surface area (Å²) < 4.78 is 5.69. The van der Waals surface area contributed by atoms with E-state index in [2.05, 4.69) is 26.0 Å². The van der Waals surface area contributed by atoms with E-state index in [0.29, 0.717) is 18.9 Å². The molecule has 138 valence electrons. The number of fused-ring (bicyclic) bond motifs is 2. The van der Waals surface area contributed by atoms with E-state index < -0.39 is 0 Å². The molecule has 3 rings (SSSR count). The molecule has 0 spiro atoms. The van der Waals surface area contributed by atoms with Crippen LogP contribution in [0, 0.1) is 5.92 Å². The van der Waals surface area contributed by atoms with Gasteiger partial charge in [-0.1, -0.05) is 13.8 Å². The number of carbonyl (C=O) groups excluding carboxylic acids is 1. The van der Waals surface area contributed by atoms with Gasteiger partial charge in [-0.3, -0.25) is 4.79 Å². The number of aryl methyl sites for hydroxylation is 2. The zero-order chi connectivity index (χ0) is 17.3. The largest absolute Gasteiger partial charge is 0.464 e. The molecule has 4 nitrogen and oxygen atoms in total. The highest BCUT2D eigenvalue weighted by Gasteiger charge is 2.18. The zero-order valence-electron chi connectivity index (χ0n) is 15.4. The van der Waals surface area contributed by atoms with E-state index >= 15 is 0 Å². The van der Waals surface area contributed by atoms with Gasteiger partial charge in [-0.15, -0.1) is 12.4 Å². The van der Waals surface area contributed by atoms with Crippen molar-refractivity contribution >= 4 is 29.3 Å². The Hall–Kier alpha value is -1.52. The molecule has 1 aliphatic rings. The van der Waals surface area contributed by atoms with Crippen molar-refractivity contribution < 1.29 is 9.21 Å². The molecular formula is C20H29ClN2O2. The second kappa shape index (κ2) is 8.24. The Kier molecular flexibility index (Phi) is 6.53. The number of hydrogen-bond acceptors (Lipinski definition) is 3. The summed E-state index contributed by atoms with van der Waals surface area (Å²) >= 11 is 0. The van der Waals surface area contributed by atoms with Crippen molar-refractivity contribution in [3.05, 3.63) is 35.1 Å². The fourth-order valence-electron chi connectivity index (χ4n) is 3.38. The van der Waals surface area contributed by atoms with Gasteiger partial charge < -0.3 is 15.1 Å². The molecular weight excluding hydrogens is 336 g/mol. The van der Waals surface area contributed by atoms with Crippen LogP contribution in [0.5, 0.6) is 0 Å². The first kappa shape index (κ1) is 19.8. The number of rotatable bonds is 6. The van der Waals surface area contributed by atoms with Crippen molar-refractivity contribution in [1.82, 2.24) is 4.90 Å². The number of carbonyl (C=O) groups is 1. The molecule has 1 aromatic heterocycles. The molecule has 0 fully saturated rings. The topological polar surface area (TPSA) is 59.5 Å². The predicted octanol–water partition coefficient (Wildman–Crippen LogP) is 3.72. The summed E-state index contributed by atoms with van der Waals surface area (Å²) in [7, 11) is 1.86. The first-order valence-corrected chi connectivity index (χ1v) is 8.97. The zero-order valence-corrected chi connectivity index (χ0v) is 16.2. The van der Waals surface area contributed by atoms with Crippen LogP contribution in [0.2, 0.25) is 0 Å². The van der Waals surface area contributed by atoms with Crippen LogP contribution in [0.3, 0.4) is 0 Å². The number of hydrogen-bond donors (Lipinski definition) is 1. The third-order valence-electron chi connectivity index (χ3n) is 5.29. The fraction of sp³-hybridized carbons (Fsp3) is 0.550. The molecule has 1 aromatic carbocycles. The van der Waals surface area contributed by atoms with Gasteiger partial charge >= 0.3 is 0 Å². The van der Waals surface area contributed by atoms with Crippen LogP contribution in [0.25, 0.3) is 11.0 Å². The monoisotopic (exact) mass is 364 g/mol. The van der Waals surface area contributed by atoms with Crippen LogP contribution in [-0.4, -0.2) is 30.4 Å². The quantitative estimate of drug-likeness (QED) is 0.849. The number of nitrogens with zero attached hydrogens (tertiary/aromatic N) is 1. The smallest absolute Gasteiger partial charge is 0.226 e. The Bertz CT molecular complexity index is 739. The third kappa shape index (κ3) is 4.36. The summed E-state index contributed by atoms with van der Waals surface area (Å²) in [5.74, 6) is 0.558. The van der Waals surface area contributed by atoms with Gasteiger partial charge in [-0.05, 0) is 54.9 Å². The Balaban J connectivity index is 0.00000225. The van der Waals surface area contributed by atoms with E-state index in [1.165, 1.54) is 17.5 Å². The summed E-state index contributed by atoms with van der Waals surface area (Å²) in [5.41, 5.74) is 10.8. The molecule has 1 heterocycles. The minimum absolute atomic E-state index is 0. The summed E-state index contributed by atoms with van der Waals surface area (Å²) in [4.78, 5) is 14.3. The van der Waals surface area contributed by atoms with E-state index in [-0.39, 0.29) is 24.4 Å². The SMILES string of the molecule is CC(C)C(N)CCN(C)C(=O)Cc1coc2cc3c(cc12)CCC3.Cl. The summed E-state index contributed by atoms with van der Waals surface area (Å²) in [6.07, 6.45) is 6.45. The standard InChI is InChI=1S/C20H28N2O2.ClH/c1-13(2)18(21)7-8-22(3)20(23)11-16-12-24-19-10-15-6-4-5-14(15)9-17(16)19;/h9-10,12-13,18H,4-8,11,21H2,1-3H3;1H. The molecule has 0 saturated heterocycles. The van der Waals surface area contributed by atoms with Crippen LogP contribution >= 0.6 is 12.4 Å². The maximum atomic E-state index is 12.5. The molecule has 1 amide bonds. The second-order valence-corrected chi connectivity index (χ2v) is 7.42. The summed E-state index contributed by atoms with van der Waals surface area (Å²) in [6.45, 7) is 4.93. The Morgan fingerprint density at radius 3 is 2.64 bits per heavy atom. The van der Waals surface area contributed by atoms with Gasteiger partial charge in [0.05, 0.1) is 12.7 Å². The number of halogens is 1. The average Bonchev–Trinajstić information content (AvgIpc) is 3.16. The molecule has 5 heteroatoms. The third-order valence-corrected chi connectivity index (χ3v) is 5.29. The molecule has 0 radical (unpaired) electrons. The van der Waals surface area contributed by atoms with Crippen LogP contribution in [0.15, 0.2) is 22.8 Å². The average molecular weight is 365 g/mol. The minimum Gasteiger partial charge on any atom is -0.464 e. The van der Waals surface area contributed by atoms with E-state index in [9.17, 15) is 4.79 Å². The first-order chi connectivity index (χ1) is 11.5. The van der Waals surface area contributed by atoms with Crippen molar-refractivity contribution in [3.63, 3.8) is 0 Å². The van der Waals surface area contributed by atoms with E-state index in [0.717, 1.165) is 35.8 Å². The van der Waals surface area contributed by atoms with Gasteiger partial charge in [0.25, 0.3) is 0 Å². The van der Waals surface area contributed by atoms with Gasteiger partial charge in [0, 0.05) is 30.6 Å². The molecule has 1 aliphatic carbocycles. The maximum absolute atomic E-state index is 12.5. The van der Waals surface area contributed by atoms with Gasteiger partial charge in [0.1, 0.15) is 5.58 Å². The van der Waals surface area contributed by atoms with Crippen LogP contribution in [0.4, 0.5) is 0 Å². The number of furan rings is 1. The highest BCUT2D eigenvalue weighted by Crippen LogP contribution is 2.30. The van der Waals surface area contributed by atoms with E-state index in [1.54, 1.807) is 11.2 Å². The molecule has 1 unspecified atom stereocenters. The number of nitrogens with two attached hydrogens (primary N) is 1. The van der Waals surface area contributed by atoms with Crippen LogP contribution in [-0.2, 0) is 24.1 Å². The van der Waals surface area contributed by atoms with E-state index in [1.807, 2.05) is 7.05 Å². The normalized spacial score (nSPS) is 14.4. The molecule has 0 saturated carbocycles. The van der Waals surface area contributed by atoms with Gasteiger partial charge in [-0.2, -0.15) is 0 Å². The van der Waals surface area contributed by atoms with Gasteiger partial charge in [0.2, 0.25) is 5.91 Å². The Morgan fingerprint density at radius 2 is 1.96 bits per heavy atom. The number of amides is 1. The van der Waals surface area contributed by atoms with E-state index in [4.69, 9.17) is 10.2 Å². The van der Waals surface area contributed by atoms with Crippen molar-refractivity contribution in [2.45, 2.75) is 52.0 Å². The molecule has 2 aromatic rings. The number of likely N-dealkylation sites (N-methyl/N-ethyl adjacent to an activating group) is 1. The lowest BCUT2D eigenvalue weighted by atomic mass is 10.0. The molecule has 0 bridgehead atoms. The molecule has 2 N–H and O–H groups in total.